The van der Waals surface area contributed by atoms with Crippen LogP contribution in [0.1, 0.15) is 25.7 Å². The van der Waals surface area contributed by atoms with Crippen LogP contribution in [0.5, 0.6) is 0 Å². The summed E-state index contributed by atoms with van der Waals surface area (Å²) in [6.07, 6.45) is 5.39. The first-order chi connectivity index (χ1) is 7.79. The molecule has 0 saturated heterocycles. The number of anilines is 1. The average molecular weight is 223 g/mol. The van der Waals surface area contributed by atoms with Crippen molar-refractivity contribution in [3.8, 4) is 0 Å². The molecule has 1 heterocycles. The summed E-state index contributed by atoms with van der Waals surface area (Å²) in [5.74, 6) is 1.23. The first-order valence-corrected chi connectivity index (χ1v) is 5.71. The molecule has 2 rings (SSSR count). The summed E-state index contributed by atoms with van der Waals surface area (Å²) in [7, 11) is 0. The number of amides is 1. The summed E-state index contributed by atoms with van der Waals surface area (Å²) in [4.78, 5) is 11.8. The second-order valence-corrected chi connectivity index (χ2v) is 4.33. The van der Waals surface area contributed by atoms with E-state index in [0.29, 0.717) is 11.7 Å². The van der Waals surface area contributed by atoms with Gasteiger partial charge in [0, 0.05) is 12.0 Å². The van der Waals surface area contributed by atoms with Gasteiger partial charge in [-0.15, -0.1) is 0 Å². The highest BCUT2D eigenvalue weighted by molar-refractivity contribution is 5.91. The third-order valence-electron chi connectivity index (χ3n) is 3.24. The van der Waals surface area contributed by atoms with Gasteiger partial charge in [0.1, 0.15) is 6.26 Å². The van der Waals surface area contributed by atoms with Crippen LogP contribution >= 0.6 is 0 Å². The molecule has 16 heavy (non-hydrogen) atoms. The molecule has 1 aromatic heterocycles. The molecule has 5 nitrogen and oxygen atoms in total. The minimum atomic E-state index is 0.0457. The molecular weight excluding hydrogens is 206 g/mol. The maximum absolute atomic E-state index is 11.8. The number of nitrogens with two attached hydrogens (primary N) is 1. The highest BCUT2D eigenvalue weighted by Crippen LogP contribution is 2.28. The molecule has 0 radical (unpaired) electrons. The first kappa shape index (κ1) is 11.1. The van der Waals surface area contributed by atoms with Gasteiger partial charge in [0.25, 0.3) is 0 Å². The van der Waals surface area contributed by atoms with Crippen LogP contribution in [0.3, 0.4) is 0 Å². The van der Waals surface area contributed by atoms with Crippen molar-refractivity contribution in [3.05, 3.63) is 12.3 Å². The van der Waals surface area contributed by atoms with Crippen molar-refractivity contribution >= 4 is 11.7 Å². The Morgan fingerprint density at radius 3 is 2.81 bits per heavy atom. The Morgan fingerprint density at radius 2 is 2.25 bits per heavy atom. The molecule has 1 amide bonds. The van der Waals surface area contributed by atoms with E-state index < -0.39 is 0 Å². The molecule has 1 aliphatic carbocycles. The highest BCUT2D eigenvalue weighted by atomic mass is 16.5. The molecule has 3 N–H and O–H groups in total. The van der Waals surface area contributed by atoms with Crippen molar-refractivity contribution in [2.24, 2.45) is 17.6 Å². The molecule has 0 aliphatic heterocycles. The fourth-order valence-corrected chi connectivity index (χ4v) is 2.17. The van der Waals surface area contributed by atoms with Gasteiger partial charge in [-0.3, -0.25) is 4.79 Å². The van der Waals surface area contributed by atoms with Crippen LogP contribution in [-0.4, -0.2) is 17.6 Å². The number of hydrogen-bond acceptors (Lipinski definition) is 4. The van der Waals surface area contributed by atoms with Crippen molar-refractivity contribution in [1.29, 1.82) is 0 Å². The van der Waals surface area contributed by atoms with Crippen molar-refractivity contribution in [2.45, 2.75) is 25.7 Å². The molecule has 1 aliphatic rings. The van der Waals surface area contributed by atoms with E-state index in [1.54, 1.807) is 6.07 Å². The zero-order valence-electron chi connectivity index (χ0n) is 9.19. The quantitative estimate of drug-likeness (QED) is 0.811. The minimum Gasteiger partial charge on any atom is -0.363 e. The zero-order chi connectivity index (χ0) is 11.4. The Kier molecular flexibility index (Phi) is 3.56. The van der Waals surface area contributed by atoms with Gasteiger partial charge in [-0.1, -0.05) is 5.16 Å². The SMILES string of the molecule is NCC1CCC(C(=O)Nc2ccon2)CC1. The molecule has 0 spiro atoms. The largest absolute Gasteiger partial charge is 0.363 e. The normalized spacial score (nSPS) is 25.3. The molecule has 1 aromatic rings. The standard InChI is InChI=1S/C11H17N3O2/c12-7-8-1-3-9(4-2-8)11(15)13-10-5-6-16-14-10/h5-6,8-9H,1-4,7,12H2,(H,13,14,15). The molecule has 0 atom stereocenters. The van der Waals surface area contributed by atoms with Crippen LogP contribution in [-0.2, 0) is 4.79 Å². The number of carbonyl (C=O) groups is 1. The number of nitrogens with one attached hydrogen (secondary N) is 1. The van der Waals surface area contributed by atoms with E-state index in [2.05, 4.69) is 15.0 Å². The van der Waals surface area contributed by atoms with Crippen LogP contribution in [0.15, 0.2) is 16.9 Å². The van der Waals surface area contributed by atoms with E-state index in [-0.39, 0.29) is 11.8 Å². The molecule has 1 saturated carbocycles. The number of nitrogens with zero attached hydrogens (tertiary/aromatic N) is 1. The van der Waals surface area contributed by atoms with E-state index >= 15 is 0 Å². The molecule has 1 fully saturated rings. The third-order valence-corrected chi connectivity index (χ3v) is 3.24. The number of hydrogen-bond donors (Lipinski definition) is 2. The molecule has 0 aromatic carbocycles. The summed E-state index contributed by atoms with van der Waals surface area (Å²) in [6, 6.07) is 1.64. The Labute approximate surface area is 94.4 Å². The fourth-order valence-electron chi connectivity index (χ4n) is 2.17. The predicted octanol–water partition coefficient (Wildman–Crippen LogP) is 1.38. The number of carbonyl (C=O) groups excluding carboxylic acids is 1. The Bertz CT molecular complexity index is 329. The maximum atomic E-state index is 11.8. The third kappa shape index (κ3) is 2.61. The van der Waals surface area contributed by atoms with Gasteiger partial charge in [0.2, 0.25) is 5.91 Å². The van der Waals surface area contributed by atoms with Gasteiger partial charge < -0.3 is 15.6 Å². The smallest absolute Gasteiger partial charge is 0.228 e. The van der Waals surface area contributed by atoms with Crippen molar-refractivity contribution in [2.75, 3.05) is 11.9 Å². The molecule has 0 unspecified atom stereocenters. The van der Waals surface area contributed by atoms with Crippen molar-refractivity contribution in [1.82, 2.24) is 5.16 Å². The highest BCUT2D eigenvalue weighted by Gasteiger charge is 2.25. The van der Waals surface area contributed by atoms with Gasteiger partial charge in [0.15, 0.2) is 5.82 Å². The molecule has 0 bridgehead atoms. The van der Waals surface area contributed by atoms with E-state index in [9.17, 15) is 4.79 Å². The Morgan fingerprint density at radius 1 is 1.50 bits per heavy atom. The monoisotopic (exact) mass is 223 g/mol. The van der Waals surface area contributed by atoms with Crippen LogP contribution < -0.4 is 11.1 Å². The van der Waals surface area contributed by atoms with Crippen LogP contribution in [0.2, 0.25) is 0 Å². The van der Waals surface area contributed by atoms with Gasteiger partial charge in [-0.25, -0.2) is 0 Å². The van der Waals surface area contributed by atoms with Gasteiger partial charge >= 0.3 is 0 Å². The summed E-state index contributed by atoms with van der Waals surface area (Å²) in [6.45, 7) is 0.734. The summed E-state index contributed by atoms with van der Waals surface area (Å²) >= 11 is 0. The summed E-state index contributed by atoms with van der Waals surface area (Å²) in [5.41, 5.74) is 5.61. The summed E-state index contributed by atoms with van der Waals surface area (Å²) in [5, 5.41) is 6.40. The molecule has 88 valence electrons. The van der Waals surface area contributed by atoms with E-state index in [4.69, 9.17) is 5.73 Å². The first-order valence-electron chi connectivity index (χ1n) is 5.71. The van der Waals surface area contributed by atoms with E-state index in [0.717, 1.165) is 32.2 Å². The van der Waals surface area contributed by atoms with Crippen molar-refractivity contribution in [3.63, 3.8) is 0 Å². The van der Waals surface area contributed by atoms with Gasteiger partial charge in [0.05, 0.1) is 0 Å². The second kappa shape index (κ2) is 5.12. The minimum absolute atomic E-state index is 0.0457. The van der Waals surface area contributed by atoms with Gasteiger partial charge in [-0.2, -0.15) is 0 Å². The summed E-state index contributed by atoms with van der Waals surface area (Å²) < 4.78 is 4.66. The topological polar surface area (TPSA) is 81.2 Å². The number of aromatic nitrogens is 1. The lowest BCUT2D eigenvalue weighted by molar-refractivity contribution is -0.121. The van der Waals surface area contributed by atoms with E-state index in [1.165, 1.54) is 6.26 Å². The van der Waals surface area contributed by atoms with Gasteiger partial charge in [-0.05, 0) is 38.1 Å². The fraction of sp³-hybridized carbons (Fsp3) is 0.636. The zero-order valence-corrected chi connectivity index (χ0v) is 9.19. The Balaban J connectivity index is 1.82. The van der Waals surface area contributed by atoms with Crippen LogP contribution in [0.25, 0.3) is 0 Å². The maximum Gasteiger partial charge on any atom is 0.228 e. The average Bonchev–Trinajstić information content (AvgIpc) is 2.82. The molecular formula is C11H17N3O2. The second-order valence-electron chi connectivity index (χ2n) is 4.33. The lowest BCUT2D eigenvalue weighted by Crippen LogP contribution is -2.29. The van der Waals surface area contributed by atoms with E-state index in [1.807, 2.05) is 0 Å². The predicted molar refractivity (Wildman–Crippen MR) is 59.6 cm³/mol. The molecule has 5 heteroatoms. The van der Waals surface area contributed by atoms with Crippen LogP contribution in [0.4, 0.5) is 5.82 Å². The number of rotatable bonds is 3. The van der Waals surface area contributed by atoms with Crippen LogP contribution in [0, 0.1) is 11.8 Å². The lowest BCUT2D eigenvalue weighted by atomic mass is 9.81. The van der Waals surface area contributed by atoms with Crippen molar-refractivity contribution < 1.29 is 9.32 Å². The Hall–Kier alpha value is -1.36. The lowest BCUT2D eigenvalue weighted by Gasteiger charge is -2.26.